The first-order chi connectivity index (χ1) is 9.30. The summed E-state index contributed by atoms with van der Waals surface area (Å²) in [6.07, 6.45) is 7.40. The largest absolute Gasteiger partial charge is 0.465 e. The van der Waals surface area contributed by atoms with Crippen molar-refractivity contribution in [3.63, 3.8) is 0 Å². The minimum Gasteiger partial charge on any atom is -0.465 e. The molecule has 2 nitrogen and oxygen atoms in total. The molecule has 0 aliphatic rings. The summed E-state index contributed by atoms with van der Waals surface area (Å²) in [6, 6.07) is 7.92. The van der Waals surface area contributed by atoms with Gasteiger partial charge in [0.25, 0.3) is 0 Å². The topological polar surface area (TPSA) is 18.5 Å². The molecular formula is C17H26O2. The highest BCUT2D eigenvalue weighted by atomic mass is 16.7. The molecule has 0 aliphatic heterocycles. The van der Waals surface area contributed by atoms with Gasteiger partial charge < -0.3 is 9.47 Å². The monoisotopic (exact) mass is 262 g/mol. The average Bonchev–Trinajstić information content (AvgIpc) is 2.46. The Morgan fingerprint density at radius 1 is 1.21 bits per heavy atom. The predicted molar refractivity (Wildman–Crippen MR) is 81.3 cm³/mol. The van der Waals surface area contributed by atoms with Gasteiger partial charge in [0.05, 0.1) is 6.61 Å². The molecule has 0 radical (unpaired) electrons. The van der Waals surface area contributed by atoms with Crippen molar-refractivity contribution >= 4 is 6.08 Å². The van der Waals surface area contributed by atoms with Crippen LogP contribution >= 0.6 is 0 Å². The first kappa shape index (κ1) is 15.8. The van der Waals surface area contributed by atoms with Gasteiger partial charge >= 0.3 is 0 Å². The molecule has 0 heterocycles. The summed E-state index contributed by atoms with van der Waals surface area (Å²) >= 11 is 0. The number of benzene rings is 1. The van der Waals surface area contributed by atoms with Crippen LogP contribution in [0.2, 0.25) is 0 Å². The standard InChI is InChI=1S/C17H26O2/c1-4-7-8-9-13-18-17(6-3)19-16-12-10-11-15(5-2)14-16/h5,10-12,14,17H,2,4,6-9,13H2,1,3H3. The van der Waals surface area contributed by atoms with E-state index < -0.39 is 0 Å². The van der Waals surface area contributed by atoms with Crippen molar-refractivity contribution in [2.24, 2.45) is 0 Å². The molecule has 1 rings (SSSR count). The molecule has 1 atom stereocenters. The van der Waals surface area contributed by atoms with Crippen LogP contribution in [0.3, 0.4) is 0 Å². The van der Waals surface area contributed by atoms with E-state index in [1.807, 2.05) is 30.3 Å². The number of unbranched alkanes of at least 4 members (excludes halogenated alkanes) is 3. The molecule has 1 aromatic carbocycles. The fraction of sp³-hybridized carbons (Fsp3) is 0.529. The zero-order chi connectivity index (χ0) is 13.9. The lowest BCUT2D eigenvalue weighted by Crippen LogP contribution is -2.20. The zero-order valence-corrected chi connectivity index (χ0v) is 12.2. The van der Waals surface area contributed by atoms with E-state index in [2.05, 4.69) is 20.4 Å². The molecule has 0 N–H and O–H groups in total. The second-order valence-electron chi connectivity index (χ2n) is 4.66. The summed E-state index contributed by atoms with van der Waals surface area (Å²) in [5.74, 6) is 0.845. The summed E-state index contributed by atoms with van der Waals surface area (Å²) in [6.45, 7) is 8.83. The van der Waals surface area contributed by atoms with E-state index in [0.717, 1.165) is 30.8 Å². The Morgan fingerprint density at radius 3 is 2.74 bits per heavy atom. The van der Waals surface area contributed by atoms with E-state index in [-0.39, 0.29) is 6.29 Å². The van der Waals surface area contributed by atoms with Gasteiger partial charge in [0.2, 0.25) is 0 Å². The normalized spacial score (nSPS) is 12.1. The fourth-order valence-corrected chi connectivity index (χ4v) is 1.85. The third-order valence-electron chi connectivity index (χ3n) is 3.00. The molecule has 0 fully saturated rings. The molecule has 1 unspecified atom stereocenters. The number of hydrogen-bond acceptors (Lipinski definition) is 2. The Hall–Kier alpha value is -1.28. The highest BCUT2D eigenvalue weighted by Crippen LogP contribution is 2.17. The van der Waals surface area contributed by atoms with Crippen molar-refractivity contribution in [1.82, 2.24) is 0 Å². The van der Waals surface area contributed by atoms with Crippen LogP contribution in [0.1, 0.15) is 51.5 Å². The summed E-state index contributed by atoms with van der Waals surface area (Å²) < 4.78 is 11.6. The molecule has 0 spiro atoms. The molecular weight excluding hydrogens is 236 g/mol. The number of ether oxygens (including phenoxy) is 2. The zero-order valence-electron chi connectivity index (χ0n) is 12.2. The van der Waals surface area contributed by atoms with E-state index in [1.54, 1.807) is 0 Å². The molecule has 0 amide bonds. The van der Waals surface area contributed by atoms with Gasteiger partial charge in [-0.2, -0.15) is 0 Å². The van der Waals surface area contributed by atoms with Gasteiger partial charge in [0, 0.05) is 6.42 Å². The van der Waals surface area contributed by atoms with E-state index in [1.165, 1.54) is 19.3 Å². The van der Waals surface area contributed by atoms with Crippen molar-refractivity contribution in [1.29, 1.82) is 0 Å². The van der Waals surface area contributed by atoms with Crippen molar-refractivity contribution in [3.8, 4) is 5.75 Å². The van der Waals surface area contributed by atoms with Crippen LogP contribution in [-0.4, -0.2) is 12.9 Å². The van der Waals surface area contributed by atoms with Gasteiger partial charge in [-0.3, -0.25) is 0 Å². The van der Waals surface area contributed by atoms with Gasteiger partial charge in [0.1, 0.15) is 5.75 Å². The Balaban J connectivity index is 2.36. The van der Waals surface area contributed by atoms with Crippen molar-refractivity contribution in [3.05, 3.63) is 36.4 Å². The number of rotatable bonds is 10. The van der Waals surface area contributed by atoms with Gasteiger partial charge in [0.15, 0.2) is 6.29 Å². The van der Waals surface area contributed by atoms with Crippen LogP contribution in [0.25, 0.3) is 6.08 Å². The molecule has 0 saturated carbocycles. The van der Waals surface area contributed by atoms with Crippen LogP contribution in [0.4, 0.5) is 0 Å². The maximum atomic E-state index is 5.84. The smallest absolute Gasteiger partial charge is 0.199 e. The second kappa shape index (κ2) is 9.62. The van der Waals surface area contributed by atoms with Crippen LogP contribution in [0.5, 0.6) is 5.75 Å². The molecule has 2 heteroatoms. The van der Waals surface area contributed by atoms with Crippen LogP contribution in [0, 0.1) is 0 Å². The molecule has 0 aliphatic carbocycles. The molecule has 0 saturated heterocycles. The summed E-state index contributed by atoms with van der Waals surface area (Å²) in [4.78, 5) is 0. The first-order valence-corrected chi connectivity index (χ1v) is 7.30. The Labute approximate surface area is 117 Å². The fourth-order valence-electron chi connectivity index (χ4n) is 1.85. The lowest BCUT2D eigenvalue weighted by atomic mass is 10.2. The van der Waals surface area contributed by atoms with Crippen molar-refractivity contribution in [2.75, 3.05) is 6.61 Å². The molecule has 0 bridgehead atoms. The van der Waals surface area contributed by atoms with Gasteiger partial charge in [-0.05, 0) is 24.1 Å². The molecule has 0 aromatic heterocycles. The SMILES string of the molecule is C=Cc1cccc(OC(CC)OCCCCCC)c1. The third kappa shape index (κ3) is 6.44. The average molecular weight is 262 g/mol. The predicted octanol–water partition coefficient (Wildman–Crippen LogP) is 5.04. The minimum atomic E-state index is -0.151. The Kier molecular flexibility index (Phi) is 7.99. The second-order valence-corrected chi connectivity index (χ2v) is 4.66. The van der Waals surface area contributed by atoms with E-state index >= 15 is 0 Å². The summed E-state index contributed by atoms with van der Waals surface area (Å²) in [7, 11) is 0. The lowest BCUT2D eigenvalue weighted by Gasteiger charge is -2.18. The molecule has 1 aromatic rings. The van der Waals surface area contributed by atoms with Crippen LogP contribution < -0.4 is 4.74 Å². The quantitative estimate of drug-likeness (QED) is 0.434. The van der Waals surface area contributed by atoms with Gasteiger partial charge in [-0.25, -0.2) is 0 Å². The van der Waals surface area contributed by atoms with Crippen LogP contribution in [-0.2, 0) is 4.74 Å². The maximum Gasteiger partial charge on any atom is 0.199 e. The lowest BCUT2D eigenvalue weighted by molar-refractivity contribution is -0.0825. The number of hydrogen-bond donors (Lipinski definition) is 0. The summed E-state index contributed by atoms with van der Waals surface area (Å²) in [5, 5.41) is 0. The van der Waals surface area contributed by atoms with E-state index in [4.69, 9.17) is 9.47 Å². The van der Waals surface area contributed by atoms with E-state index in [9.17, 15) is 0 Å². The minimum absolute atomic E-state index is 0.151. The Morgan fingerprint density at radius 2 is 2.05 bits per heavy atom. The molecule has 19 heavy (non-hydrogen) atoms. The summed E-state index contributed by atoms with van der Waals surface area (Å²) in [5.41, 5.74) is 1.07. The molecule has 106 valence electrons. The Bertz CT molecular complexity index is 360. The van der Waals surface area contributed by atoms with Gasteiger partial charge in [-0.15, -0.1) is 0 Å². The maximum absolute atomic E-state index is 5.84. The first-order valence-electron chi connectivity index (χ1n) is 7.30. The van der Waals surface area contributed by atoms with Crippen molar-refractivity contribution in [2.45, 2.75) is 52.2 Å². The van der Waals surface area contributed by atoms with Gasteiger partial charge in [-0.1, -0.05) is 57.9 Å². The van der Waals surface area contributed by atoms with Crippen LogP contribution in [0.15, 0.2) is 30.8 Å². The third-order valence-corrected chi connectivity index (χ3v) is 3.00. The van der Waals surface area contributed by atoms with Crippen molar-refractivity contribution < 1.29 is 9.47 Å². The van der Waals surface area contributed by atoms with E-state index in [0.29, 0.717) is 0 Å². The highest BCUT2D eigenvalue weighted by molar-refractivity contribution is 5.49. The highest BCUT2D eigenvalue weighted by Gasteiger charge is 2.08.